The van der Waals surface area contributed by atoms with Crippen LogP contribution in [0.1, 0.15) is 21.7 Å². The van der Waals surface area contributed by atoms with Crippen molar-refractivity contribution in [1.29, 1.82) is 0 Å². The number of nitrogens with zero attached hydrogens (tertiary/aromatic N) is 1. The monoisotopic (exact) mass is 342 g/mol. The molecule has 0 spiro atoms. The number of hydrogen-bond donors (Lipinski definition) is 5. The number of hydrazone groups is 1. The summed E-state index contributed by atoms with van der Waals surface area (Å²) in [6.45, 7) is 1.63. The summed E-state index contributed by atoms with van der Waals surface area (Å²) in [4.78, 5) is 12.2. The molecule has 0 fully saturated rings. The van der Waals surface area contributed by atoms with E-state index >= 15 is 0 Å². The SMILES string of the molecule is Cc1c(C(=O)NN=Cc2ccc(O)c(O)c2O)oc2cccc(O)c12. The van der Waals surface area contributed by atoms with E-state index in [1.54, 1.807) is 19.1 Å². The molecule has 0 aliphatic heterocycles. The lowest BCUT2D eigenvalue weighted by molar-refractivity contribution is 0.0928. The molecule has 128 valence electrons. The minimum absolute atomic E-state index is 0.00536. The summed E-state index contributed by atoms with van der Waals surface area (Å²) >= 11 is 0. The molecule has 0 atom stereocenters. The molecule has 0 radical (unpaired) electrons. The van der Waals surface area contributed by atoms with E-state index in [9.17, 15) is 25.2 Å². The van der Waals surface area contributed by atoms with Crippen molar-refractivity contribution in [2.75, 3.05) is 0 Å². The van der Waals surface area contributed by atoms with Crippen molar-refractivity contribution in [3.8, 4) is 23.0 Å². The molecule has 1 aromatic heterocycles. The van der Waals surface area contributed by atoms with Crippen LogP contribution < -0.4 is 5.43 Å². The predicted octanol–water partition coefficient (Wildman–Crippen LogP) is 2.33. The Morgan fingerprint density at radius 3 is 2.56 bits per heavy atom. The summed E-state index contributed by atoms with van der Waals surface area (Å²) in [5.74, 6) is -2.37. The van der Waals surface area contributed by atoms with Crippen LogP contribution in [0.3, 0.4) is 0 Å². The summed E-state index contributed by atoms with van der Waals surface area (Å²) in [6, 6.07) is 7.19. The Morgan fingerprint density at radius 2 is 1.84 bits per heavy atom. The van der Waals surface area contributed by atoms with E-state index in [-0.39, 0.29) is 17.1 Å². The van der Waals surface area contributed by atoms with Crippen LogP contribution in [-0.2, 0) is 0 Å². The largest absolute Gasteiger partial charge is 0.507 e. The number of carbonyl (C=O) groups is 1. The van der Waals surface area contributed by atoms with Crippen molar-refractivity contribution in [3.63, 3.8) is 0 Å². The molecule has 0 unspecified atom stereocenters. The van der Waals surface area contributed by atoms with Crippen molar-refractivity contribution in [2.24, 2.45) is 5.10 Å². The molecule has 8 heteroatoms. The van der Waals surface area contributed by atoms with Gasteiger partial charge in [0, 0.05) is 11.1 Å². The number of benzene rings is 2. The number of amides is 1. The smallest absolute Gasteiger partial charge is 0.307 e. The molecule has 0 aliphatic carbocycles. The minimum Gasteiger partial charge on any atom is -0.507 e. The molecule has 1 heterocycles. The third kappa shape index (κ3) is 2.80. The maximum absolute atomic E-state index is 12.2. The van der Waals surface area contributed by atoms with Crippen LogP contribution in [0.4, 0.5) is 0 Å². The maximum Gasteiger partial charge on any atom is 0.307 e. The Hall–Kier alpha value is -3.68. The van der Waals surface area contributed by atoms with Gasteiger partial charge in [0.2, 0.25) is 5.75 Å². The molecule has 3 rings (SSSR count). The van der Waals surface area contributed by atoms with Gasteiger partial charge in [-0.15, -0.1) is 0 Å². The highest BCUT2D eigenvalue weighted by Crippen LogP contribution is 2.36. The summed E-state index contributed by atoms with van der Waals surface area (Å²) in [5, 5.41) is 42.3. The van der Waals surface area contributed by atoms with Crippen LogP contribution in [0.15, 0.2) is 39.9 Å². The normalized spacial score (nSPS) is 11.2. The number of aromatic hydroxyl groups is 4. The summed E-state index contributed by atoms with van der Waals surface area (Å²) in [6.07, 6.45) is 1.10. The number of furan rings is 1. The number of hydrogen-bond acceptors (Lipinski definition) is 7. The lowest BCUT2D eigenvalue weighted by Crippen LogP contribution is -2.17. The van der Waals surface area contributed by atoms with Gasteiger partial charge >= 0.3 is 5.91 Å². The molecule has 5 N–H and O–H groups in total. The zero-order valence-corrected chi connectivity index (χ0v) is 13.0. The van der Waals surface area contributed by atoms with E-state index in [1.807, 2.05) is 0 Å². The second-order valence-electron chi connectivity index (χ2n) is 5.28. The van der Waals surface area contributed by atoms with Crippen molar-refractivity contribution in [3.05, 3.63) is 47.2 Å². The van der Waals surface area contributed by atoms with Crippen molar-refractivity contribution in [1.82, 2.24) is 5.43 Å². The van der Waals surface area contributed by atoms with Crippen LogP contribution >= 0.6 is 0 Å². The van der Waals surface area contributed by atoms with E-state index in [2.05, 4.69) is 10.5 Å². The highest BCUT2D eigenvalue weighted by molar-refractivity contribution is 6.01. The number of carbonyl (C=O) groups excluding carboxylic acids is 1. The average molecular weight is 342 g/mol. The zero-order chi connectivity index (χ0) is 18.1. The Bertz CT molecular complexity index is 1010. The van der Waals surface area contributed by atoms with Gasteiger partial charge in [-0.3, -0.25) is 4.79 Å². The van der Waals surface area contributed by atoms with E-state index < -0.39 is 23.2 Å². The quantitative estimate of drug-likeness (QED) is 0.282. The molecule has 0 aliphatic rings. The van der Waals surface area contributed by atoms with Crippen LogP contribution in [0.2, 0.25) is 0 Å². The second-order valence-corrected chi connectivity index (χ2v) is 5.28. The van der Waals surface area contributed by atoms with E-state index in [1.165, 1.54) is 18.2 Å². The maximum atomic E-state index is 12.2. The highest BCUT2D eigenvalue weighted by atomic mass is 16.4. The number of aryl methyl sites for hydroxylation is 1. The fraction of sp³-hybridized carbons (Fsp3) is 0.0588. The Kier molecular flexibility index (Phi) is 3.94. The van der Waals surface area contributed by atoms with Crippen molar-refractivity contribution in [2.45, 2.75) is 6.92 Å². The van der Waals surface area contributed by atoms with Gasteiger partial charge < -0.3 is 24.8 Å². The molecule has 3 aromatic rings. The van der Waals surface area contributed by atoms with Gasteiger partial charge in [-0.1, -0.05) is 6.07 Å². The van der Waals surface area contributed by atoms with Crippen LogP contribution in [0.5, 0.6) is 23.0 Å². The zero-order valence-electron chi connectivity index (χ0n) is 13.0. The van der Waals surface area contributed by atoms with Gasteiger partial charge in [-0.2, -0.15) is 5.10 Å². The van der Waals surface area contributed by atoms with Gasteiger partial charge in [-0.05, 0) is 31.2 Å². The molecule has 1 amide bonds. The van der Waals surface area contributed by atoms with Gasteiger partial charge in [-0.25, -0.2) is 5.43 Å². The number of phenols is 4. The fourth-order valence-electron chi connectivity index (χ4n) is 2.40. The molecule has 2 aromatic carbocycles. The summed E-state index contributed by atoms with van der Waals surface area (Å²) in [7, 11) is 0. The fourth-order valence-corrected chi connectivity index (χ4v) is 2.40. The first kappa shape index (κ1) is 16.2. The first-order valence-electron chi connectivity index (χ1n) is 7.18. The Morgan fingerprint density at radius 1 is 1.08 bits per heavy atom. The van der Waals surface area contributed by atoms with Gasteiger partial charge in [0.05, 0.1) is 11.6 Å². The number of rotatable bonds is 3. The van der Waals surface area contributed by atoms with E-state index in [0.717, 1.165) is 6.21 Å². The molecule has 0 bridgehead atoms. The second kappa shape index (κ2) is 6.08. The molecule has 0 saturated heterocycles. The summed E-state index contributed by atoms with van der Waals surface area (Å²) in [5.41, 5.74) is 3.15. The van der Waals surface area contributed by atoms with Crippen LogP contribution in [-0.4, -0.2) is 32.5 Å². The first-order chi connectivity index (χ1) is 11.9. The number of nitrogens with one attached hydrogen (secondary N) is 1. The van der Waals surface area contributed by atoms with E-state index in [4.69, 9.17) is 4.42 Å². The lowest BCUT2D eigenvalue weighted by atomic mass is 10.1. The molecule has 0 saturated carbocycles. The topological polar surface area (TPSA) is 136 Å². The van der Waals surface area contributed by atoms with Crippen LogP contribution in [0, 0.1) is 6.92 Å². The van der Waals surface area contributed by atoms with Crippen molar-refractivity contribution >= 4 is 23.1 Å². The molecule has 8 nitrogen and oxygen atoms in total. The standard InChI is InChI=1S/C17H14N2O6/c1-8-13-10(20)3-2-4-12(13)25-16(8)17(24)19-18-7-9-5-6-11(21)15(23)14(9)22/h2-7,20-23H,1H3,(H,19,24). The summed E-state index contributed by atoms with van der Waals surface area (Å²) < 4.78 is 5.43. The Balaban J connectivity index is 1.83. The Labute approximate surface area is 141 Å². The number of phenolic OH excluding ortho intramolecular Hbond substituents is 4. The molecular weight excluding hydrogens is 328 g/mol. The highest BCUT2D eigenvalue weighted by Gasteiger charge is 2.19. The third-order valence-electron chi connectivity index (χ3n) is 3.67. The van der Waals surface area contributed by atoms with Crippen LogP contribution in [0.25, 0.3) is 11.0 Å². The van der Waals surface area contributed by atoms with Gasteiger partial charge in [0.25, 0.3) is 0 Å². The van der Waals surface area contributed by atoms with Crippen molar-refractivity contribution < 1.29 is 29.6 Å². The van der Waals surface area contributed by atoms with Gasteiger partial charge in [0.15, 0.2) is 17.3 Å². The lowest BCUT2D eigenvalue weighted by Gasteiger charge is -2.03. The minimum atomic E-state index is -0.682. The van der Waals surface area contributed by atoms with E-state index in [0.29, 0.717) is 16.5 Å². The third-order valence-corrected chi connectivity index (χ3v) is 3.67. The van der Waals surface area contributed by atoms with Gasteiger partial charge in [0.1, 0.15) is 11.3 Å². The first-order valence-corrected chi connectivity index (χ1v) is 7.18. The molecule has 25 heavy (non-hydrogen) atoms. The average Bonchev–Trinajstić information content (AvgIpc) is 2.93. The molecular formula is C17H14N2O6. The predicted molar refractivity (Wildman–Crippen MR) is 89.1 cm³/mol. The number of fused-ring (bicyclic) bond motifs is 1.